The Morgan fingerprint density at radius 2 is 1.59 bits per heavy atom. The highest BCUT2D eigenvalue weighted by Gasteiger charge is 2.42. The summed E-state index contributed by atoms with van der Waals surface area (Å²) in [6.45, 7) is 0.00445. The van der Waals surface area contributed by atoms with Crippen LogP contribution in [0.1, 0.15) is 16.7 Å². The van der Waals surface area contributed by atoms with Gasteiger partial charge in [-0.1, -0.05) is 45.2 Å². The maximum atomic E-state index is 14.0. The fourth-order valence-electron chi connectivity index (χ4n) is 2.69. The highest BCUT2D eigenvalue weighted by atomic mass is 79.9. The molecule has 13 heteroatoms. The second kappa shape index (κ2) is 10.4. The van der Waals surface area contributed by atoms with Crippen molar-refractivity contribution in [3.05, 3.63) is 90.9 Å². The van der Waals surface area contributed by atoms with Gasteiger partial charge in [-0.2, -0.15) is 18.3 Å². The van der Waals surface area contributed by atoms with Gasteiger partial charge in [0.1, 0.15) is 23.6 Å². The number of rotatable bonds is 6. The molecule has 0 radical (unpaired) electrons. The smallest absolute Gasteiger partial charge is 0.422 e. The molecule has 3 rings (SSSR count). The molecule has 0 aliphatic rings. The van der Waals surface area contributed by atoms with Crippen LogP contribution in [0.25, 0.3) is 0 Å². The lowest BCUT2D eigenvalue weighted by Crippen LogP contribution is -2.16. The summed E-state index contributed by atoms with van der Waals surface area (Å²) < 4.78 is 99.8. The summed E-state index contributed by atoms with van der Waals surface area (Å²) in [4.78, 5) is 0. The van der Waals surface area contributed by atoms with E-state index in [1.807, 2.05) is 0 Å². The number of nitrogens with one attached hydrogen (secondary N) is 1. The fraction of sp³-hybridized carbons (Fsp3) is 0.0952. The predicted molar refractivity (Wildman–Crippen MR) is 117 cm³/mol. The molecule has 0 aliphatic carbocycles. The Bertz CT molecular complexity index is 1240. The van der Waals surface area contributed by atoms with E-state index >= 15 is 0 Å². The Hall–Kier alpha value is -2.50. The number of hydrogen-bond acceptors (Lipinski definition) is 3. The van der Waals surface area contributed by atoms with E-state index in [9.17, 15) is 30.7 Å². The Morgan fingerprint density at radius 3 is 2.18 bits per heavy atom. The average molecular weight is 590 g/mol. The third kappa shape index (κ3) is 5.76. The van der Waals surface area contributed by atoms with Crippen molar-refractivity contribution in [2.45, 2.75) is 12.8 Å². The summed E-state index contributed by atoms with van der Waals surface area (Å²) in [5.74, 6) is -9.55. The van der Waals surface area contributed by atoms with Gasteiger partial charge in [0.05, 0.1) is 6.21 Å². The molecule has 0 bridgehead atoms. The van der Waals surface area contributed by atoms with Crippen LogP contribution in [0, 0.1) is 23.3 Å². The summed E-state index contributed by atoms with van der Waals surface area (Å²) >= 11 is 15.2. The largest absolute Gasteiger partial charge is 0.488 e. The van der Waals surface area contributed by atoms with Crippen molar-refractivity contribution in [1.29, 1.82) is 0 Å². The number of anilines is 1. The van der Waals surface area contributed by atoms with E-state index in [4.69, 9.17) is 27.9 Å². The first-order valence-electron chi connectivity index (χ1n) is 8.98. The predicted octanol–water partition coefficient (Wildman–Crippen LogP) is 8.36. The summed E-state index contributed by atoms with van der Waals surface area (Å²) in [5.41, 5.74) is -1.70. The lowest BCUT2D eigenvalue weighted by Gasteiger charge is -2.13. The molecular weight excluding hydrogens is 580 g/mol. The molecule has 0 heterocycles. The molecule has 3 nitrogen and oxygen atoms in total. The topological polar surface area (TPSA) is 33.6 Å². The number of nitrogens with zero attached hydrogens (tertiary/aromatic N) is 1. The minimum Gasteiger partial charge on any atom is -0.488 e. The summed E-state index contributed by atoms with van der Waals surface area (Å²) in [7, 11) is 0. The highest BCUT2D eigenvalue weighted by molar-refractivity contribution is 9.10. The molecule has 0 saturated carbocycles. The Balaban J connectivity index is 1.86. The molecule has 34 heavy (non-hydrogen) atoms. The molecule has 0 aliphatic heterocycles. The van der Waals surface area contributed by atoms with Crippen molar-refractivity contribution >= 4 is 51.0 Å². The molecular formula is C21H10BrCl2F7N2O. The maximum absolute atomic E-state index is 14.0. The average Bonchev–Trinajstić information content (AvgIpc) is 2.74. The molecule has 0 amide bonds. The van der Waals surface area contributed by atoms with Crippen LogP contribution in [-0.4, -0.2) is 6.21 Å². The molecule has 0 aromatic heterocycles. The van der Waals surface area contributed by atoms with Crippen LogP contribution < -0.4 is 10.2 Å². The van der Waals surface area contributed by atoms with Crippen molar-refractivity contribution in [2.75, 3.05) is 5.43 Å². The van der Waals surface area contributed by atoms with Gasteiger partial charge in [0.25, 0.3) is 0 Å². The van der Waals surface area contributed by atoms with Crippen LogP contribution in [0.15, 0.2) is 46.0 Å². The van der Waals surface area contributed by atoms with Gasteiger partial charge >= 0.3 is 6.18 Å². The zero-order valence-corrected chi connectivity index (χ0v) is 19.5. The van der Waals surface area contributed by atoms with Crippen LogP contribution >= 0.6 is 39.1 Å². The number of alkyl halides is 3. The molecule has 3 aromatic carbocycles. The van der Waals surface area contributed by atoms with Crippen molar-refractivity contribution in [3.8, 4) is 5.75 Å². The second-order valence-electron chi connectivity index (χ2n) is 6.58. The maximum Gasteiger partial charge on any atom is 0.422 e. The number of benzene rings is 3. The third-order valence-electron chi connectivity index (χ3n) is 4.30. The van der Waals surface area contributed by atoms with Gasteiger partial charge in [0.2, 0.25) is 0 Å². The van der Waals surface area contributed by atoms with Gasteiger partial charge in [-0.25, -0.2) is 17.6 Å². The number of halogens is 10. The van der Waals surface area contributed by atoms with Crippen LogP contribution in [0.2, 0.25) is 10.0 Å². The van der Waals surface area contributed by atoms with Gasteiger partial charge < -0.3 is 4.74 Å². The van der Waals surface area contributed by atoms with E-state index < -0.39 is 40.7 Å². The zero-order valence-electron chi connectivity index (χ0n) is 16.4. The molecule has 3 aromatic rings. The first-order valence-corrected chi connectivity index (χ1v) is 10.5. The van der Waals surface area contributed by atoms with Crippen LogP contribution in [0.3, 0.4) is 0 Å². The molecule has 180 valence electrons. The van der Waals surface area contributed by atoms with Crippen molar-refractivity contribution in [3.63, 3.8) is 0 Å². The van der Waals surface area contributed by atoms with Crippen molar-refractivity contribution in [2.24, 2.45) is 5.10 Å². The number of ether oxygens (including phenoxy) is 1. The molecule has 0 unspecified atom stereocenters. The molecule has 0 atom stereocenters. The van der Waals surface area contributed by atoms with E-state index in [0.717, 1.165) is 6.21 Å². The SMILES string of the molecule is Fc1c(F)c(C(F)(F)F)c(F)c(F)c1N/N=C/c1cc(Br)ccc1OCc1ccc(Cl)cc1Cl. The zero-order chi connectivity index (χ0) is 25.2. The molecule has 0 spiro atoms. The van der Waals surface area contributed by atoms with E-state index in [2.05, 4.69) is 21.0 Å². The van der Waals surface area contributed by atoms with E-state index in [-0.39, 0.29) is 17.9 Å². The van der Waals surface area contributed by atoms with Gasteiger partial charge in [-0.3, -0.25) is 5.43 Å². The Labute approximate surface area is 206 Å². The summed E-state index contributed by atoms with van der Waals surface area (Å²) in [5, 5.41) is 4.25. The Morgan fingerprint density at radius 1 is 0.941 bits per heavy atom. The minimum absolute atomic E-state index is 0.00445. The highest BCUT2D eigenvalue weighted by Crippen LogP contribution is 2.38. The lowest BCUT2D eigenvalue weighted by molar-refractivity contribution is -0.143. The monoisotopic (exact) mass is 588 g/mol. The van der Waals surface area contributed by atoms with Gasteiger partial charge in [0, 0.05) is 25.6 Å². The van der Waals surface area contributed by atoms with Crippen LogP contribution in [0.5, 0.6) is 5.75 Å². The minimum atomic E-state index is -5.65. The number of hydrazone groups is 1. The van der Waals surface area contributed by atoms with Gasteiger partial charge in [-0.05, 0) is 30.3 Å². The quantitative estimate of drug-likeness (QED) is 0.136. The molecule has 1 N–H and O–H groups in total. The van der Waals surface area contributed by atoms with Crippen molar-refractivity contribution in [1.82, 2.24) is 0 Å². The summed E-state index contributed by atoms with van der Waals surface area (Å²) in [6, 6.07) is 9.38. The van der Waals surface area contributed by atoms with Crippen LogP contribution in [0.4, 0.5) is 36.4 Å². The van der Waals surface area contributed by atoms with Gasteiger partial charge in [0.15, 0.2) is 23.3 Å². The fourth-order valence-corrected chi connectivity index (χ4v) is 3.53. The summed E-state index contributed by atoms with van der Waals surface area (Å²) in [6.07, 6.45) is -4.66. The van der Waals surface area contributed by atoms with E-state index in [1.54, 1.807) is 23.6 Å². The van der Waals surface area contributed by atoms with E-state index in [1.165, 1.54) is 18.2 Å². The first-order chi connectivity index (χ1) is 15.9. The first kappa shape index (κ1) is 26.1. The number of hydrogen-bond donors (Lipinski definition) is 1. The van der Waals surface area contributed by atoms with Crippen molar-refractivity contribution < 1.29 is 35.5 Å². The standard InChI is InChI=1S/C21H10BrCl2F7N2O/c22-11-2-4-14(34-8-9-1-3-12(23)6-13(9)24)10(5-11)7-32-33-20-18(27)16(25)15(21(29,30)31)17(26)19(20)28/h1-7,33H,8H2/b32-7+. The van der Waals surface area contributed by atoms with Crippen LogP contribution in [-0.2, 0) is 12.8 Å². The van der Waals surface area contributed by atoms with Gasteiger partial charge in [-0.15, -0.1) is 0 Å². The third-order valence-corrected chi connectivity index (χ3v) is 5.38. The Kier molecular flexibility index (Phi) is 7.99. The molecule has 0 fully saturated rings. The normalized spacial score (nSPS) is 11.8. The van der Waals surface area contributed by atoms with E-state index in [0.29, 0.717) is 20.1 Å². The second-order valence-corrected chi connectivity index (χ2v) is 8.34. The molecule has 0 saturated heterocycles. The lowest BCUT2D eigenvalue weighted by atomic mass is 10.1.